The summed E-state index contributed by atoms with van der Waals surface area (Å²) in [5.41, 5.74) is -4.06. The summed E-state index contributed by atoms with van der Waals surface area (Å²) in [6.45, 7) is 5.26. The molecule has 1 aromatic carbocycles. The normalized spacial score (nSPS) is 34.3. The van der Waals surface area contributed by atoms with E-state index in [-0.39, 0.29) is 23.3 Å². The molecule has 3 fully saturated rings. The Hall–Kier alpha value is -3.05. The molecule has 4 aliphatic rings. The SMILES string of the molecule is CC(=O)O.C[C@]12C=CC(=O)N[C@@H]1CC[C@@H]1[C@@H]2CC[C@]2(C)[C@@H](C(=O)Nc3cc(C(F)(F)F)ccc3C(F)(F)F)CC[C@@H]12. The van der Waals surface area contributed by atoms with E-state index < -0.39 is 52.4 Å². The molecule has 0 saturated heterocycles. The maximum absolute atomic E-state index is 13.6. The van der Waals surface area contributed by atoms with Crippen LogP contribution in [0.1, 0.15) is 70.4 Å². The van der Waals surface area contributed by atoms with Crippen molar-refractivity contribution < 1.29 is 45.8 Å². The fraction of sp³-hybridized carbons (Fsp3) is 0.621. The number of hydrogen-bond donors (Lipinski definition) is 3. The van der Waals surface area contributed by atoms with Crippen LogP contribution in [0.3, 0.4) is 0 Å². The molecule has 226 valence electrons. The lowest BCUT2D eigenvalue weighted by molar-refractivity contribution is -0.141. The molecule has 0 bridgehead atoms. The van der Waals surface area contributed by atoms with Gasteiger partial charge in [-0.1, -0.05) is 19.9 Å². The van der Waals surface area contributed by atoms with Crippen molar-refractivity contribution in [1.29, 1.82) is 0 Å². The van der Waals surface area contributed by atoms with Gasteiger partial charge in [-0.25, -0.2) is 0 Å². The predicted octanol–water partition coefficient (Wildman–Crippen LogP) is 6.67. The van der Waals surface area contributed by atoms with Gasteiger partial charge < -0.3 is 15.7 Å². The second kappa shape index (κ2) is 10.7. The smallest absolute Gasteiger partial charge is 0.418 e. The molecule has 12 heteroatoms. The summed E-state index contributed by atoms with van der Waals surface area (Å²) in [5.74, 6) is -1.39. The number of halogens is 6. The number of carboxylic acid groups (broad SMARTS) is 1. The summed E-state index contributed by atoms with van der Waals surface area (Å²) in [6.07, 6.45) is -1.73. The lowest BCUT2D eigenvalue weighted by atomic mass is 9.48. The van der Waals surface area contributed by atoms with Gasteiger partial charge in [0.25, 0.3) is 5.97 Å². The van der Waals surface area contributed by atoms with Crippen molar-refractivity contribution in [2.75, 3.05) is 5.32 Å². The Kier molecular flexibility index (Phi) is 8.03. The van der Waals surface area contributed by atoms with Crippen LogP contribution in [0.5, 0.6) is 0 Å². The van der Waals surface area contributed by atoms with Gasteiger partial charge in [0, 0.05) is 24.3 Å². The Morgan fingerprint density at radius 2 is 1.63 bits per heavy atom. The first-order valence-corrected chi connectivity index (χ1v) is 13.7. The van der Waals surface area contributed by atoms with Crippen LogP contribution in [0.15, 0.2) is 30.4 Å². The molecule has 3 saturated carbocycles. The second-order valence-electron chi connectivity index (χ2n) is 12.2. The molecule has 1 aromatic rings. The molecule has 41 heavy (non-hydrogen) atoms. The van der Waals surface area contributed by atoms with Gasteiger partial charge in [0.2, 0.25) is 11.8 Å². The quantitative estimate of drug-likeness (QED) is 0.337. The van der Waals surface area contributed by atoms with Gasteiger partial charge in [-0.3, -0.25) is 14.4 Å². The zero-order chi connectivity index (χ0) is 30.5. The zero-order valence-electron chi connectivity index (χ0n) is 23.0. The number of amides is 2. The van der Waals surface area contributed by atoms with Gasteiger partial charge in [-0.15, -0.1) is 0 Å². The number of alkyl halides is 6. The highest BCUT2D eigenvalue weighted by Crippen LogP contribution is 2.65. The van der Waals surface area contributed by atoms with Crippen LogP contribution in [-0.4, -0.2) is 28.9 Å². The van der Waals surface area contributed by atoms with Crippen LogP contribution in [0.4, 0.5) is 32.0 Å². The Morgan fingerprint density at radius 3 is 2.24 bits per heavy atom. The minimum absolute atomic E-state index is 0.0535. The first-order chi connectivity index (χ1) is 18.9. The lowest BCUT2D eigenvalue weighted by Crippen LogP contribution is -2.59. The van der Waals surface area contributed by atoms with Gasteiger partial charge in [0.05, 0.1) is 16.8 Å². The summed E-state index contributed by atoms with van der Waals surface area (Å²) in [5, 5.41) is 12.7. The number of benzene rings is 1. The fourth-order valence-corrected chi connectivity index (χ4v) is 8.06. The van der Waals surface area contributed by atoms with E-state index in [1.807, 2.05) is 13.0 Å². The maximum Gasteiger partial charge on any atom is 0.418 e. The second-order valence-corrected chi connectivity index (χ2v) is 12.2. The van der Waals surface area contributed by atoms with Crippen molar-refractivity contribution in [2.45, 2.75) is 77.7 Å². The van der Waals surface area contributed by atoms with Gasteiger partial charge >= 0.3 is 12.4 Å². The van der Waals surface area contributed by atoms with E-state index in [0.29, 0.717) is 42.9 Å². The van der Waals surface area contributed by atoms with E-state index in [1.54, 1.807) is 6.08 Å². The largest absolute Gasteiger partial charge is 0.481 e. The van der Waals surface area contributed by atoms with Crippen molar-refractivity contribution in [2.24, 2.45) is 34.5 Å². The number of hydrogen-bond acceptors (Lipinski definition) is 3. The number of anilines is 1. The average molecular weight is 589 g/mol. The Bertz CT molecular complexity index is 1240. The third kappa shape index (κ3) is 5.83. The predicted molar refractivity (Wildman–Crippen MR) is 137 cm³/mol. The van der Waals surface area contributed by atoms with E-state index in [0.717, 1.165) is 32.6 Å². The number of nitrogens with one attached hydrogen (secondary N) is 2. The molecule has 5 rings (SSSR count). The van der Waals surface area contributed by atoms with Crippen LogP contribution in [0.2, 0.25) is 0 Å². The lowest BCUT2D eigenvalue weighted by Gasteiger charge is -2.58. The van der Waals surface area contributed by atoms with Crippen molar-refractivity contribution in [3.8, 4) is 0 Å². The highest BCUT2D eigenvalue weighted by Gasteiger charge is 2.61. The van der Waals surface area contributed by atoms with Crippen LogP contribution in [-0.2, 0) is 26.7 Å². The molecular weight excluding hydrogens is 554 g/mol. The topological polar surface area (TPSA) is 95.5 Å². The van der Waals surface area contributed by atoms with E-state index >= 15 is 0 Å². The van der Waals surface area contributed by atoms with E-state index in [9.17, 15) is 35.9 Å². The highest BCUT2D eigenvalue weighted by atomic mass is 19.4. The number of fused-ring (bicyclic) bond motifs is 5. The molecule has 1 aliphatic heterocycles. The molecule has 0 aromatic heterocycles. The molecule has 3 aliphatic carbocycles. The molecule has 6 nitrogen and oxygen atoms in total. The summed E-state index contributed by atoms with van der Waals surface area (Å²) in [6, 6.07) is 1.18. The number of carbonyl (C=O) groups excluding carboxylic acids is 2. The van der Waals surface area contributed by atoms with E-state index in [1.165, 1.54) is 0 Å². The third-order valence-corrected chi connectivity index (χ3v) is 9.91. The fourth-order valence-electron chi connectivity index (χ4n) is 8.06. The van der Waals surface area contributed by atoms with Gasteiger partial charge in [0.15, 0.2) is 0 Å². The monoisotopic (exact) mass is 588 g/mol. The number of carboxylic acids is 1. The molecule has 0 unspecified atom stereocenters. The first kappa shape index (κ1) is 30.9. The summed E-state index contributed by atoms with van der Waals surface area (Å²) >= 11 is 0. The number of aliphatic carboxylic acids is 1. The van der Waals surface area contributed by atoms with Gasteiger partial charge in [0.1, 0.15) is 0 Å². The van der Waals surface area contributed by atoms with Crippen LogP contribution in [0.25, 0.3) is 0 Å². The van der Waals surface area contributed by atoms with E-state index in [2.05, 4.69) is 17.6 Å². The molecular formula is C29H34F6N2O4. The Labute approximate surface area is 233 Å². The molecule has 1 heterocycles. The Morgan fingerprint density at radius 1 is 0.976 bits per heavy atom. The summed E-state index contributed by atoms with van der Waals surface area (Å²) in [7, 11) is 0. The number of rotatable bonds is 2. The van der Waals surface area contributed by atoms with Crippen LogP contribution >= 0.6 is 0 Å². The van der Waals surface area contributed by atoms with Crippen molar-refractivity contribution in [3.05, 3.63) is 41.5 Å². The van der Waals surface area contributed by atoms with Crippen molar-refractivity contribution in [1.82, 2.24) is 5.32 Å². The summed E-state index contributed by atoms with van der Waals surface area (Å²) in [4.78, 5) is 34.3. The van der Waals surface area contributed by atoms with Gasteiger partial charge in [-0.2, -0.15) is 26.3 Å². The molecule has 0 spiro atoms. The maximum atomic E-state index is 13.6. The highest BCUT2D eigenvalue weighted by molar-refractivity contribution is 5.94. The van der Waals surface area contributed by atoms with Crippen molar-refractivity contribution >= 4 is 23.5 Å². The van der Waals surface area contributed by atoms with Crippen LogP contribution < -0.4 is 10.6 Å². The van der Waals surface area contributed by atoms with Crippen molar-refractivity contribution in [3.63, 3.8) is 0 Å². The summed E-state index contributed by atoms with van der Waals surface area (Å²) < 4.78 is 80.4. The molecule has 0 radical (unpaired) electrons. The average Bonchev–Trinajstić information content (AvgIpc) is 3.20. The van der Waals surface area contributed by atoms with Crippen LogP contribution in [0, 0.1) is 34.5 Å². The van der Waals surface area contributed by atoms with E-state index in [4.69, 9.17) is 9.90 Å². The molecule has 3 N–H and O–H groups in total. The molecule has 2 amide bonds. The number of carbonyl (C=O) groups is 3. The minimum atomic E-state index is -4.91. The minimum Gasteiger partial charge on any atom is -0.481 e. The Balaban J connectivity index is 0.000000909. The first-order valence-electron chi connectivity index (χ1n) is 13.7. The van der Waals surface area contributed by atoms with Gasteiger partial charge in [-0.05, 0) is 86.0 Å². The zero-order valence-corrected chi connectivity index (χ0v) is 23.0. The standard InChI is InChI=1S/C27H30F6N2O2.C2H4O2/c1-24-11-9-17-15(4-8-21-25(17,2)12-10-22(36)35-21)16(24)6-7-19(24)23(37)34-20-13-14(26(28,29)30)3-5-18(20)27(31,32)33;1-2(3)4/h3,5,10,12-13,15-17,19,21H,4,6-9,11H2,1-2H3,(H,34,37)(H,35,36);1H3,(H,3,4)/t15-,16-,17-,19+,21+,24-,25+;/m0./s1. The third-order valence-electron chi connectivity index (χ3n) is 9.91. The molecule has 7 atom stereocenters.